The Kier molecular flexibility index (Phi) is 16.9. The molecule has 0 bridgehead atoms. The van der Waals surface area contributed by atoms with Crippen molar-refractivity contribution >= 4 is 35.0 Å². The zero-order chi connectivity index (χ0) is 48.6. The van der Waals surface area contributed by atoms with Crippen molar-refractivity contribution in [2.24, 2.45) is 0 Å². The Bertz CT molecular complexity index is 1370. The van der Waals surface area contributed by atoms with E-state index in [4.69, 9.17) is 0 Å². The molecule has 0 heterocycles. The van der Waals surface area contributed by atoms with Crippen molar-refractivity contribution in [3.63, 3.8) is 0 Å². The fourth-order valence-corrected chi connectivity index (χ4v) is 4.39. The van der Waals surface area contributed by atoms with E-state index in [0.29, 0.717) is 0 Å². The number of rotatable bonds is 25. The van der Waals surface area contributed by atoms with Crippen molar-refractivity contribution in [1.82, 2.24) is 10.6 Å². The minimum absolute atomic E-state index is 0.0307. The van der Waals surface area contributed by atoms with Gasteiger partial charge in [-0.2, -0.15) is 123 Å². The average molecular weight is 997 g/mol. The van der Waals surface area contributed by atoms with E-state index < -0.39 is 120 Å². The second kappa shape index (κ2) is 17.6. The monoisotopic (exact) mass is 996 g/mol. The normalized spacial score (nSPS) is 15.6. The van der Waals surface area contributed by atoms with Crippen LogP contribution in [0, 0.1) is 0 Å². The first-order valence-electron chi connectivity index (χ1n) is 15.3. The van der Waals surface area contributed by atoms with Gasteiger partial charge in [-0.05, 0) is 36.0 Å². The topological polar surface area (TPSA) is 58.2 Å². The Morgan fingerprint density at radius 2 is 0.450 bits per heavy atom. The van der Waals surface area contributed by atoms with Gasteiger partial charge in [-0.25, -0.2) is 0 Å². The summed E-state index contributed by atoms with van der Waals surface area (Å²) in [5.74, 6) is -103. The van der Waals surface area contributed by atoms with Gasteiger partial charge in [0.15, 0.2) is 0 Å². The van der Waals surface area contributed by atoms with Gasteiger partial charge in [0.1, 0.15) is 0 Å². The van der Waals surface area contributed by atoms with Crippen LogP contribution >= 0.6 is 23.2 Å². The number of carbonyl (C=O) groups is 2. The van der Waals surface area contributed by atoms with Crippen LogP contribution in [0.2, 0.25) is 0 Å². The Morgan fingerprint density at radius 3 is 0.650 bits per heavy atom. The molecule has 0 fully saturated rings. The molecule has 0 aliphatic heterocycles. The standard InChI is InChI=1S/C26H22Cl2F28N2O2/c27-25(53,54)23(49,50)21(45,46)19(41,42)17(37,38)15(33,34)13(29,30)11(59)57-9-7-5-3-1-2-4-6-8-10-58-12(60)14(31,32)16(35,36)18(39,40)20(43,44)22(47,48)24(51,52)26(28,55)56/h1-10H2,(H,57,59)(H,58,60). The molecule has 2 amide bonds. The second-order valence-corrected chi connectivity index (χ2v) is 13.2. The molecule has 0 atom stereocenters. The molecule has 0 unspecified atom stereocenters. The molecule has 0 aromatic heterocycles. The van der Waals surface area contributed by atoms with Gasteiger partial charge in [0.25, 0.3) is 11.8 Å². The summed E-state index contributed by atoms with van der Waals surface area (Å²) >= 11 is 6.92. The third kappa shape index (κ3) is 9.41. The largest absolute Gasteiger partial charge is 0.393 e. The van der Waals surface area contributed by atoms with Gasteiger partial charge in [0.05, 0.1) is 0 Å². The van der Waals surface area contributed by atoms with E-state index in [1.165, 1.54) is 0 Å². The number of alkyl halides is 30. The molecule has 34 heteroatoms. The van der Waals surface area contributed by atoms with Crippen LogP contribution in [0.5, 0.6) is 0 Å². The summed E-state index contributed by atoms with van der Waals surface area (Å²) in [6, 6.07) is 0. The van der Waals surface area contributed by atoms with Crippen LogP contribution in [-0.2, 0) is 9.59 Å². The number of carbonyl (C=O) groups excluding carboxylic acids is 2. The van der Waals surface area contributed by atoms with Crippen molar-refractivity contribution in [3.8, 4) is 0 Å². The summed E-state index contributed by atoms with van der Waals surface area (Å²) in [5, 5.41) is -12.1. The molecule has 0 aromatic carbocycles. The molecule has 60 heavy (non-hydrogen) atoms. The van der Waals surface area contributed by atoms with Gasteiger partial charge in [-0.1, -0.05) is 38.5 Å². The maximum Gasteiger partial charge on any atom is 0.393 e. The summed E-state index contributed by atoms with van der Waals surface area (Å²) in [5.41, 5.74) is 0. The van der Waals surface area contributed by atoms with Crippen LogP contribution < -0.4 is 10.6 Å². The lowest BCUT2D eigenvalue weighted by Gasteiger charge is -2.41. The highest BCUT2D eigenvalue weighted by molar-refractivity contribution is 6.22. The van der Waals surface area contributed by atoms with E-state index in [1.54, 1.807) is 0 Å². The molecule has 0 aliphatic carbocycles. The second-order valence-electron chi connectivity index (χ2n) is 12.2. The lowest BCUT2D eigenvalue weighted by Crippen LogP contribution is -2.73. The van der Waals surface area contributed by atoms with Gasteiger partial charge in [0.2, 0.25) is 0 Å². The predicted octanol–water partition coefficient (Wildman–Crippen LogP) is 11.6. The SMILES string of the molecule is O=C(NCCCCCCCCCCNC(=O)C(F)(F)C(F)(F)C(F)(F)C(F)(F)C(F)(F)C(F)(F)C(F)(F)Cl)C(F)(F)C(F)(F)C(F)(F)C(F)(F)C(F)(F)C(F)(F)C(F)(F)Cl. The molecule has 0 saturated heterocycles. The van der Waals surface area contributed by atoms with Crippen LogP contribution in [0.15, 0.2) is 0 Å². The summed E-state index contributed by atoms with van der Waals surface area (Å²) < 4.78 is 377. The summed E-state index contributed by atoms with van der Waals surface area (Å²) in [7, 11) is 0. The minimum atomic E-state index is -8.45. The first-order chi connectivity index (χ1) is 26.0. The molecule has 0 radical (unpaired) electrons. The van der Waals surface area contributed by atoms with Crippen LogP contribution in [-0.4, -0.2) is 107 Å². The molecule has 4 nitrogen and oxygen atoms in total. The third-order valence-electron chi connectivity index (χ3n) is 7.90. The summed E-state index contributed by atoms with van der Waals surface area (Å²) in [6.07, 6.45) is -1.63. The zero-order valence-electron chi connectivity index (χ0n) is 28.2. The minimum Gasteiger partial charge on any atom is -0.351 e. The lowest BCUT2D eigenvalue weighted by atomic mass is 9.91. The van der Waals surface area contributed by atoms with E-state index in [0.717, 1.165) is 10.6 Å². The maximum atomic E-state index is 13.9. The first kappa shape index (κ1) is 57.6. The molecular weight excluding hydrogens is 975 g/mol. The van der Waals surface area contributed by atoms with Crippen LogP contribution in [0.3, 0.4) is 0 Å². The third-order valence-corrected chi connectivity index (χ3v) is 8.38. The molecular formula is C26H22Cl2F28N2O2. The smallest absolute Gasteiger partial charge is 0.351 e. The highest BCUT2D eigenvalue weighted by atomic mass is 35.5. The van der Waals surface area contributed by atoms with E-state index >= 15 is 0 Å². The van der Waals surface area contributed by atoms with Crippen molar-refractivity contribution < 1.29 is 133 Å². The van der Waals surface area contributed by atoms with Crippen LogP contribution in [0.4, 0.5) is 123 Å². The van der Waals surface area contributed by atoms with Gasteiger partial charge in [-0.15, -0.1) is 0 Å². The Labute approximate surface area is 325 Å². The predicted molar refractivity (Wildman–Crippen MR) is 144 cm³/mol. The average Bonchev–Trinajstić information content (AvgIpc) is 3.06. The van der Waals surface area contributed by atoms with Gasteiger partial charge >= 0.3 is 81.8 Å². The Balaban J connectivity index is 5.10. The van der Waals surface area contributed by atoms with Crippen molar-refractivity contribution in [1.29, 1.82) is 0 Å². The van der Waals surface area contributed by atoms with Crippen molar-refractivity contribution in [2.45, 2.75) is 133 Å². The van der Waals surface area contributed by atoms with Gasteiger partial charge < -0.3 is 10.6 Å². The highest BCUT2D eigenvalue weighted by Crippen LogP contribution is 2.64. The molecule has 2 N–H and O–H groups in total. The van der Waals surface area contributed by atoms with E-state index in [9.17, 15) is 133 Å². The number of hydrogen-bond acceptors (Lipinski definition) is 2. The quantitative estimate of drug-likeness (QED) is 0.0544. The number of unbranched alkanes of at least 4 members (excludes halogenated alkanes) is 7. The Hall–Kier alpha value is -2.44. The van der Waals surface area contributed by atoms with Crippen molar-refractivity contribution in [3.05, 3.63) is 0 Å². The Morgan fingerprint density at radius 1 is 0.283 bits per heavy atom. The fraction of sp³-hybridized carbons (Fsp3) is 0.923. The number of nitrogens with one attached hydrogen (secondary N) is 2. The molecule has 358 valence electrons. The summed E-state index contributed by atoms with van der Waals surface area (Å²) in [4.78, 5) is 22.9. The first-order valence-corrected chi connectivity index (χ1v) is 16.0. The van der Waals surface area contributed by atoms with Crippen LogP contribution in [0.1, 0.15) is 51.4 Å². The molecule has 0 rings (SSSR count). The van der Waals surface area contributed by atoms with Gasteiger partial charge in [0, 0.05) is 13.1 Å². The van der Waals surface area contributed by atoms with Crippen LogP contribution in [0.25, 0.3) is 0 Å². The number of halogens is 30. The zero-order valence-corrected chi connectivity index (χ0v) is 29.7. The highest BCUT2D eigenvalue weighted by Gasteiger charge is 2.95. The molecule has 0 aliphatic rings. The van der Waals surface area contributed by atoms with Crippen molar-refractivity contribution in [2.75, 3.05) is 13.1 Å². The number of hydrogen-bond donors (Lipinski definition) is 2. The van der Waals surface area contributed by atoms with E-state index in [1.807, 2.05) is 0 Å². The molecule has 0 spiro atoms. The fourth-order valence-electron chi connectivity index (χ4n) is 4.16. The lowest BCUT2D eigenvalue weighted by molar-refractivity contribution is -0.431. The molecule has 0 saturated carbocycles. The number of amides is 2. The van der Waals surface area contributed by atoms with E-state index in [2.05, 4.69) is 23.2 Å². The molecule has 0 aromatic rings. The van der Waals surface area contributed by atoms with E-state index in [-0.39, 0.29) is 38.5 Å². The maximum absolute atomic E-state index is 13.9. The van der Waals surface area contributed by atoms with Gasteiger partial charge in [-0.3, -0.25) is 9.59 Å². The summed E-state index contributed by atoms with van der Waals surface area (Å²) in [6.45, 7) is -2.41.